The second-order valence-electron chi connectivity index (χ2n) is 4.00. The van der Waals surface area contributed by atoms with Crippen LogP contribution in [0.1, 0.15) is 19.4 Å². The maximum absolute atomic E-state index is 9.16. The molecular formula is C10H17NOSi. The van der Waals surface area contributed by atoms with E-state index in [0.29, 0.717) is 5.75 Å². The van der Waals surface area contributed by atoms with Gasteiger partial charge in [0.15, 0.2) is 0 Å². The highest BCUT2D eigenvalue weighted by Gasteiger charge is 2.21. The lowest BCUT2D eigenvalue weighted by Gasteiger charge is -2.33. The van der Waals surface area contributed by atoms with Crippen LogP contribution >= 0.6 is 0 Å². The zero-order valence-electron chi connectivity index (χ0n) is 8.70. The number of nitrogens with zero attached hydrogens (tertiary/aromatic N) is 1. The maximum Gasteiger partial charge on any atom is 0.115 e. The van der Waals surface area contributed by atoms with E-state index in [1.807, 2.05) is 12.1 Å². The SMILES string of the molecule is CN([SiH3])C(C)(C)c1ccc(O)cc1. The molecule has 13 heavy (non-hydrogen) atoms. The molecule has 0 amide bonds. The van der Waals surface area contributed by atoms with Crippen molar-refractivity contribution in [2.24, 2.45) is 0 Å². The Labute approximate surface area is 82.7 Å². The summed E-state index contributed by atoms with van der Waals surface area (Å²) in [5.41, 5.74) is 1.31. The fraction of sp³-hybridized carbons (Fsp3) is 0.400. The predicted molar refractivity (Wildman–Crippen MR) is 58.8 cm³/mol. The van der Waals surface area contributed by atoms with Crippen LogP contribution in [0.2, 0.25) is 0 Å². The van der Waals surface area contributed by atoms with E-state index in [9.17, 15) is 0 Å². The average Bonchev–Trinajstić information content (AvgIpc) is 2.04. The van der Waals surface area contributed by atoms with Crippen LogP contribution in [-0.2, 0) is 5.54 Å². The Morgan fingerprint density at radius 2 is 1.69 bits per heavy atom. The van der Waals surface area contributed by atoms with Crippen molar-refractivity contribution < 1.29 is 5.11 Å². The monoisotopic (exact) mass is 195 g/mol. The molecule has 0 heterocycles. The fourth-order valence-corrected chi connectivity index (χ4v) is 1.39. The standard InChI is InChI=1S/C10H17NOSi/c1-10(2,11(3)13)8-4-6-9(12)7-5-8/h4-7,12H,1-3,13H3. The van der Waals surface area contributed by atoms with Crippen molar-refractivity contribution in [1.29, 1.82) is 0 Å². The van der Waals surface area contributed by atoms with Gasteiger partial charge in [0, 0.05) is 5.54 Å². The van der Waals surface area contributed by atoms with E-state index < -0.39 is 0 Å². The molecule has 0 fully saturated rings. The summed E-state index contributed by atoms with van der Waals surface area (Å²) in [4.78, 5) is 0. The largest absolute Gasteiger partial charge is 0.508 e. The van der Waals surface area contributed by atoms with Gasteiger partial charge in [-0.2, -0.15) is 0 Å². The minimum absolute atomic E-state index is 0.0694. The Balaban J connectivity index is 3.01. The lowest BCUT2D eigenvalue weighted by Crippen LogP contribution is -2.36. The van der Waals surface area contributed by atoms with Crippen LogP contribution in [0.5, 0.6) is 5.75 Å². The van der Waals surface area contributed by atoms with Crippen LogP contribution < -0.4 is 0 Å². The minimum atomic E-state index is 0.0694. The van der Waals surface area contributed by atoms with E-state index in [1.165, 1.54) is 5.56 Å². The molecule has 0 radical (unpaired) electrons. The molecule has 0 spiro atoms. The molecule has 0 aliphatic heterocycles. The Bertz CT molecular complexity index is 279. The molecule has 0 saturated heterocycles. The summed E-state index contributed by atoms with van der Waals surface area (Å²) < 4.78 is 2.29. The van der Waals surface area contributed by atoms with Crippen molar-refractivity contribution in [3.8, 4) is 5.75 Å². The topological polar surface area (TPSA) is 23.5 Å². The summed E-state index contributed by atoms with van der Waals surface area (Å²) in [6.45, 7) is 4.37. The molecule has 1 rings (SSSR count). The second kappa shape index (κ2) is 3.52. The number of rotatable bonds is 2. The first-order valence-electron chi connectivity index (χ1n) is 4.41. The van der Waals surface area contributed by atoms with Gasteiger partial charge in [0.05, 0.1) is 10.4 Å². The molecular weight excluding hydrogens is 178 g/mol. The Morgan fingerprint density at radius 3 is 2.08 bits per heavy atom. The first kappa shape index (κ1) is 10.3. The molecule has 1 N–H and O–H groups in total. The third kappa shape index (κ3) is 2.11. The van der Waals surface area contributed by atoms with E-state index in [4.69, 9.17) is 5.11 Å². The Kier molecular flexibility index (Phi) is 2.78. The van der Waals surface area contributed by atoms with E-state index in [-0.39, 0.29) is 5.54 Å². The summed E-state index contributed by atoms with van der Waals surface area (Å²) in [5, 5.41) is 9.16. The van der Waals surface area contributed by atoms with E-state index in [1.54, 1.807) is 12.1 Å². The number of phenols is 1. The molecule has 1 aromatic rings. The van der Waals surface area contributed by atoms with Gasteiger partial charge in [-0.25, -0.2) is 0 Å². The number of hydrogen-bond donors (Lipinski definition) is 1. The fourth-order valence-electron chi connectivity index (χ4n) is 1.13. The van der Waals surface area contributed by atoms with Crippen molar-refractivity contribution in [2.45, 2.75) is 19.4 Å². The molecule has 0 unspecified atom stereocenters. The van der Waals surface area contributed by atoms with Gasteiger partial charge >= 0.3 is 0 Å². The summed E-state index contributed by atoms with van der Waals surface area (Å²) in [6, 6.07) is 7.43. The van der Waals surface area contributed by atoms with Gasteiger partial charge in [-0.05, 0) is 38.6 Å². The van der Waals surface area contributed by atoms with Gasteiger partial charge in [0.1, 0.15) is 5.75 Å². The average molecular weight is 195 g/mol. The highest BCUT2D eigenvalue weighted by molar-refractivity contribution is 6.04. The first-order valence-corrected chi connectivity index (χ1v) is 5.31. The lowest BCUT2D eigenvalue weighted by atomic mass is 9.94. The molecule has 0 aromatic heterocycles. The number of phenolic OH excluding ortho intramolecular Hbond substituents is 1. The van der Waals surface area contributed by atoms with E-state index in [0.717, 1.165) is 10.4 Å². The first-order chi connectivity index (χ1) is 5.94. The van der Waals surface area contributed by atoms with Crippen LogP contribution in [0.3, 0.4) is 0 Å². The van der Waals surface area contributed by atoms with Crippen molar-refractivity contribution in [3.05, 3.63) is 29.8 Å². The summed E-state index contributed by atoms with van der Waals surface area (Å²) in [6.07, 6.45) is 0. The normalized spacial score (nSPS) is 12.3. The molecule has 2 nitrogen and oxygen atoms in total. The molecule has 1 aromatic carbocycles. The Morgan fingerprint density at radius 1 is 1.23 bits per heavy atom. The van der Waals surface area contributed by atoms with Crippen LogP contribution in [0.15, 0.2) is 24.3 Å². The molecule has 0 saturated carbocycles. The Hall–Kier alpha value is -0.803. The van der Waals surface area contributed by atoms with Gasteiger partial charge in [0.2, 0.25) is 0 Å². The molecule has 0 atom stereocenters. The molecule has 0 bridgehead atoms. The third-order valence-electron chi connectivity index (χ3n) is 2.69. The van der Waals surface area contributed by atoms with Crippen molar-refractivity contribution in [2.75, 3.05) is 7.05 Å². The highest BCUT2D eigenvalue weighted by Crippen LogP contribution is 2.25. The molecule has 3 heteroatoms. The van der Waals surface area contributed by atoms with Crippen molar-refractivity contribution in [3.63, 3.8) is 0 Å². The smallest absolute Gasteiger partial charge is 0.115 e. The van der Waals surface area contributed by atoms with Crippen LogP contribution in [0, 0.1) is 0 Å². The van der Waals surface area contributed by atoms with Gasteiger partial charge in [-0.3, -0.25) is 0 Å². The van der Waals surface area contributed by atoms with E-state index >= 15 is 0 Å². The van der Waals surface area contributed by atoms with Crippen LogP contribution in [0.25, 0.3) is 0 Å². The second-order valence-corrected chi connectivity index (χ2v) is 5.34. The van der Waals surface area contributed by atoms with E-state index in [2.05, 4.69) is 25.5 Å². The third-order valence-corrected chi connectivity index (χ3v) is 3.81. The molecule has 0 aliphatic carbocycles. The van der Waals surface area contributed by atoms with Crippen molar-refractivity contribution >= 4 is 10.4 Å². The van der Waals surface area contributed by atoms with Crippen molar-refractivity contribution in [1.82, 2.24) is 4.57 Å². The highest BCUT2D eigenvalue weighted by atomic mass is 28.2. The summed E-state index contributed by atoms with van der Waals surface area (Å²) in [7, 11) is 3.14. The molecule has 0 aliphatic rings. The number of benzene rings is 1. The zero-order valence-corrected chi connectivity index (χ0v) is 10.7. The van der Waals surface area contributed by atoms with Gasteiger partial charge < -0.3 is 9.67 Å². The summed E-state index contributed by atoms with van der Waals surface area (Å²) in [5.74, 6) is 0.329. The predicted octanol–water partition coefficient (Wildman–Crippen LogP) is 0.839. The van der Waals surface area contributed by atoms with Gasteiger partial charge in [-0.15, -0.1) is 0 Å². The number of aromatic hydroxyl groups is 1. The lowest BCUT2D eigenvalue weighted by molar-refractivity contribution is 0.283. The minimum Gasteiger partial charge on any atom is -0.508 e. The van der Waals surface area contributed by atoms with Gasteiger partial charge in [0.25, 0.3) is 0 Å². The zero-order chi connectivity index (χ0) is 10.1. The molecule has 72 valence electrons. The number of hydrogen-bond acceptors (Lipinski definition) is 2. The van der Waals surface area contributed by atoms with Crippen LogP contribution in [0.4, 0.5) is 0 Å². The van der Waals surface area contributed by atoms with Crippen LogP contribution in [-0.4, -0.2) is 27.1 Å². The maximum atomic E-state index is 9.16. The quantitative estimate of drug-likeness (QED) is 0.707. The summed E-state index contributed by atoms with van der Waals surface area (Å²) >= 11 is 0. The van der Waals surface area contributed by atoms with Gasteiger partial charge in [-0.1, -0.05) is 12.1 Å².